The van der Waals surface area contributed by atoms with Crippen molar-refractivity contribution in [3.63, 3.8) is 0 Å². The first-order chi connectivity index (χ1) is 21.1. The number of morpholine rings is 1. The molecule has 6 rings (SSSR count). The molecule has 3 N–H and O–H groups in total. The Morgan fingerprint density at radius 1 is 1.11 bits per heavy atom. The van der Waals surface area contributed by atoms with E-state index < -0.39 is 12.7 Å². The van der Waals surface area contributed by atoms with E-state index in [1.807, 2.05) is 43.7 Å². The number of aryl methyl sites for hydroxylation is 1. The minimum Gasteiger partial charge on any atom is -0.495 e. The summed E-state index contributed by atoms with van der Waals surface area (Å²) in [5.74, 6) is 1.43. The highest BCUT2D eigenvalue weighted by molar-refractivity contribution is 9.10. The van der Waals surface area contributed by atoms with Crippen LogP contribution in [-0.4, -0.2) is 69.9 Å². The molecule has 1 atom stereocenters. The fourth-order valence-corrected chi connectivity index (χ4v) is 7.10. The molecule has 1 fully saturated rings. The molecule has 0 unspecified atom stereocenters. The van der Waals surface area contributed by atoms with Crippen LogP contribution in [0.4, 0.5) is 23.1 Å². The number of hydrogen-bond acceptors (Lipinski definition) is 11. The predicted octanol–water partition coefficient (Wildman–Crippen LogP) is 5.16. The van der Waals surface area contributed by atoms with Crippen LogP contribution in [0.3, 0.4) is 0 Å². The highest BCUT2D eigenvalue weighted by Gasteiger charge is 2.34. The number of halogens is 1. The molecule has 2 aromatic carbocycles. The van der Waals surface area contributed by atoms with E-state index >= 15 is 0 Å². The molecule has 3 aromatic heterocycles. The van der Waals surface area contributed by atoms with E-state index in [1.165, 1.54) is 0 Å². The van der Waals surface area contributed by atoms with Gasteiger partial charge in [0, 0.05) is 50.5 Å². The van der Waals surface area contributed by atoms with E-state index in [9.17, 15) is 4.57 Å². The van der Waals surface area contributed by atoms with Gasteiger partial charge in [-0.05, 0) is 71.6 Å². The SMILES string of the molecule is COc1cc([C@]2(C)CNCCO2)c(-c2cnn(C)c2)cc1Nc1ncc(Br)c(Nc2ccc3nccnc3c2P(C)(C)=O)n1. The van der Waals surface area contributed by atoms with Gasteiger partial charge < -0.3 is 30.0 Å². The summed E-state index contributed by atoms with van der Waals surface area (Å²) in [7, 11) is 0.754. The first kappa shape index (κ1) is 30.1. The van der Waals surface area contributed by atoms with Crippen molar-refractivity contribution in [3.8, 4) is 16.9 Å². The lowest BCUT2D eigenvalue weighted by molar-refractivity contribution is -0.0569. The van der Waals surface area contributed by atoms with Gasteiger partial charge in [0.2, 0.25) is 5.95 Å². The van der Waals surface area contributed by atoms with Crippen molar-refractivity contribution in [2.75, 3.05) is 50.8 Å². The van der Waals surface area contributed by atoms with Crippen LogP contribution in [0.15, 0.2) is 59.7 Å². The molecular weight excluding hydrogens is 645 g/mol. The fraction of sp³-hybridized carbons (Fsp3) is 0.300. The van der Waals surface area contributed by atoms with Gasteiger partial charge >= 0.3 is 0 Å². The third kappa shape index (κ3) is 5.92. The molecule has 14 heteroatoms. The quantitative estimate of drug-likeness (QED) is 0.188. The van der Waals surface area contributed by atoms with Crippen molar-refractivity contribution < 1.29 is 14.0 Å². The normalized spacial score (nSPS) is 17.0. The Labute approximate surface area is 263 Å². The minimum absolute atomic E-state index is 0.332. The Bertz CT molecular complexity index is 1900. The summed E-state index contributed by atoms with van der Waals surface area (Å²) < 4.78 is 28.0. The number of benzene rings is 2. The van der Waals surface area contributed by atoms with Crippen molar-refractivity contribution in [3.05, 3.63) is 65.3 Å². The molecule has 0 amide bonds. The number of ether oxygens (including phenoxy) is 2. The molecule has 0 bridgehead atoms. The number of aromatic nitrogens is 6. The third-order valence-electron chi connectivity index (χ3n) is 7.48. The van der Waals surface area contributed by atoms with E-state index in [0.717, 1.165) is 23.2 Å². The zero-order valence-corrected chi connectivity index (χ0v) is 27.5. The Kier molecular flexibility index (Phi) is 8.14. The van der Waals surface area contributed by atoms with Crippen molar-refractivity contribution in [2.24, 2.45) is 7.05 Å². The molecule has 0 aliphatic carbocycles. The van der Waals surface area contributed by atoms with Gasteiger partial charge in [0.1, 0.15) is 29.8 Å². The van der Waals surface area contributed by atoms with Crippen LogP contribution in [0.1, 0.15) is 12.5 Å². The summed E-state index contributed by atoms with van der Waals surface area (Å²) in [6, 6.07) is 7.70. The largest absolute Gasteiger partial charge is 0.495 e. The minimum atomic E-state index is -2.76. The zero-order chi connectivity index (χ0) is 31.1. The lowest BCUT2D eigenvalue weighted by atomic mass is 9.87. The number of anilines is 4. The molecule has 228 valence electrons. The molecule has 1 aliphatic heterocycles. The highest BCUT2D eigenvalue weighted by Crippen LogP contribution is 2.43. The van der Waals surface area contributed by atoms with E-state index in [0.29, 0.717) is 62.9 Å². The second kappa shape index (κ2) is 11.9. The van der Waals surface area contributed by atoms with Gasteiger partial charge in [0.05, 0.1) is 46.6 Å². The van der Waals surface area contributed by atoms with Crippen molar-refractivity contribution in [2.45, 2.75) is 12.5 Å². The van der Waals surface area contributed by atoms with Crippen LogP contribution in [0.25, 0.3) is 22.2 Å². The Morgan fingerprint density at radius 3 is 2.64 bits per heavy atom. The molecule has 0 spiro atoms. The molecule has 1 saturated heterocycles. The predicted molar refractivity (Wildman–Crippen MR) is 176 cm³/mol. The second-order valence-electron chi connectivity index (χ2n) is 11.1. The fourth-order valence-electron chi connectivity index (χ4n) is 5.41. The Hall–Kier alpha value is -3.90. The van der Waals surface area contributed by atoms with Gasteiger partial charge in [0.15, 0.2) is 0 Å². The van der Waals surface area contributed by atoms with Gasteiger partial charge in [-0.1, -0.05) is 0 Å². The highest BCUT2D eigenvalue weighted by atomic mass is 79.9. The van der Waals surface area contributed by atoms with Crippen molar-refractivity contribution in [1.29, 1.82) is 0 Å². The Morgan fingerprint density at radius 2 is 1.93 bits per heavy atom. The lowest BCUT2D eigenvalue weighted by Gasteiger charge is -2.36. The maximum Gasteiger partial charge on any atom is 0.229 e. The zero-order valence-electron chi connectivity index (χ0n) is 25.1. The van der Waals surface area contributed by atoms with Gasteiger partial charge in [-0.3, -0.25) is 14.6 Å². The summed E-state index contributed by atoms with van der Waals surface area (Å²) in [5, 5.41) is 15.1. The van der Waals surface area contributed by atoms with Gasteiger partial charge in [-0.25, -0.2) is 4.98 Å². The first-order valence-electron chi connectivity index (χ1n) is 14.0. The molecule has 12 nitrogen and oxygen atoms in total. The standard InChI is InChI=1S/C30H33BrN9O3P/c1-30(17-32-10-11-43-30)20-13-25(42-3)24(12-19(20)18-14-36-40(2)16-18)38-29-35-15-21(31)28(39-29)37-23-7-6-22-26(34-9-8-33-22)27(23)44(4,5)41/h6-9,12-16,32H,10-11,17H2,1-5H3,(H2,35,37,38,39)/t30-/m0/s1. The summed E-state index contributed by atoms with van der Waals surface area (Å²) in [4.78, 5) is 18.1. The molecule has 5 aromatic rings. The molecule has 0 saturated carbocycles. The molecule has 0 radical (unpaired) electrons. The van der Waals surface area contributed by atoms with Crippen LogP contribution in [0.5, 0.6) is 5.75 Å². The summed E-state index contributed by atoms with van der Waals surface area (Å²) in [5.41, 5.74) is 4.87. The van der Waals surface area contributed by atoms with Crippen LogP contribution in [-0.2, 0) is 22.0 Å². The number of fused-ring (bicyclic) bond motifs is 1. The van der Waals surface area contributed by atoms with Gasteiger partial charge in [0.25, 0.3) is 0 Å². The van der Waals surface area contributed by atoms with Crippen LogP contribution in [0, 0.1) is 0 Å². The van der Waals surface area contributed by atoms with Crippen LogP contribution < -0.4 is 26.0 Å². The number of nitrogens with one attached hydrogen (secondary N) is 3. The summed E-state index contributed by atoms with van der Waals surface area (Å²) in [6.45, 7) is 7.57. The summed E-state index contributed by atoms with van der Waals surface area (Å²) in [6.07, 6.45) is 8.68. The lowest BCUT2D eigenvalue weighted by Crippen LogP contribution is -2.45. The second-order valence-corrected chi connectivity index (χ2v) is 15.1. The first-order valence-corrected chi connectivity index (χ1v) is 17.4. The van der Waals surface area contributed by atoms with E-state index in [1.54, 1.807) is 43.7 Å². The van der Waals surface area contributed by atoms with E-state index in [-0.39, 0.29) is 0 Å². The van der Waals surface area contributed by atoms with Crippen LogP contribution in [0.2, 0.25) is 0 Å². The monoisotopic (exact) mass is 677 g/mol. The van der Waals surface area contributed by atoms with Crippen LogP contribution >= 0.6 is 23.1 Å². The van der Waals surface area contributed by atoms with E-state index in [2.05, 4.69) is 58.9 Å². The summed E-state index contributed by atoms with van der Waals surface area (Å²) >= 11 is 3.56. The molecule has 1 aliphatic rings. The van der Waals surface area contributed by atoms with Gasteiger partial charge in [-0.15, -0.1) is 0 Å². The average Bonchev–Trinajstić information content (AvgIpc) is 3.44. The third-order valence-corrected chi connectivity index (χ3v) is 9.59. The van der Waals surface area contributed by atoms with Gasteiger partial charge in [-0.2, -0.15) is 10.1 Å². The van der Waals surface area contributed by atoms with Crippen molar-refractivity contribution in [1.82, 2.24) is 35.0 Å². The van der Waals surface area contributed by atoms with E-state index in [4.69, 9.17) is 14.5 Å². The topological polar surface area (TPSA) is 141 Å². The maximum atomic E-state index is 13.4. The molecular formula is C30H33BrN9O3P. The molecule has 4 heterocycles. The number of methoxy groups -OCH3 is 1. The number of nitrogens with zero attached hydrogens (tertiary/aromatic N) is 6. The Balaban J connectivity index is 1.40. The van der Waals surface area contributed by atoms with Crippen molar-refractivity contribution >= 4 is 62.6 Å². The smallest absolute Gasteiger partial charge is 0.229 e. The molecule has 44 heavy (non-hydrogen) atoms. The maximum absolute atomic E-state index is 13.4. The number of hydrogen-bond donors (Lipinski definition) is 3. The number of rotatable bonds is 8. The average molecular weight is 679 g/mol.